The second-order valence-corrected chi connectivity index (χ2v) is 12.7. The Kier molecular flexibility index (Phi) is 7.57. The molecule has 0 bridgehead atoms. The highest BCUT2D eigenvalue weighted by Gasteiger charge is 2.37. The molecule has 2 aliphatic heterocycles. The fourth-order valence-electron chi connectivity index (χ4n) is 5.59. The Morgan fingerprint density at radius 1 is 0.857 bits per heavy atom. The fourth-order valence-corrected chi connectivity index (χ4v) is 7.51. The maximum atomic E-state index is 14.1. The SMILES string of the molecule is O=C(Nc1ccc(F)cc1)C1CCc2ccccc2N1C(=O)c1ccc(Cl)c(S(=O)(=O)N2CCc3ccccc3C2)c1. The Hall–Kier alpha value is -4.05. The van der Waals surface area contributed by atoms with Crippen LogP contribution in [0.2, 0.25) is 5.02 Å². The van der Waals surface area contributed by atoms with Gasteiger partial charge in [-0.2, -0.15) is 4.31 Å². The summed E-state index contributed by atoms with van der Waals surface area (Å²) in [6.45, 7) is 0.497. The third kappa shape index (κ3) is 5.31. The number of rotatable bonds is 5. The molecule has 10 heteroatoms. The van der Waals surface area contributed by atoms with Crippen LogP contribution < -0.4 is 10.2 Å². The average molecular weight is 604 g/mol. The molecule has 4 aromatic carbocycles. The number of nitrogens with one attached hydrogen (secondary N) is 1. The van der Waals surface area contributed by atoms with Crippen LogP contribution >= 0.6 is 11.6 Å². The van der Waals surface area contributed by atoms with E-state index in [1.54, 1.807) is 12.1 Å². The van der Waals surface area contributed by atoms with E-state index >= 15 is 0 Å². The van der Waals surface area contributed by atoms with Gasteiger partial charge >= 0.3 is 0 Å². The van der Waals surface area contributed by atoms with Gasteiger partial charge in [0.05, 0.1) is 5.02 Å². The topological polar surface area (TPSA) is 86.8 Å². The molecule has 0 aromatic heterocycles. The van der Waals surface area contributed by atoms with Crippen molar-refractivity contribution in [1.29, 1.82) is 0 Å². The second-order valence-electron chi connectivity index (χ2n) is 10.4. The predicted molar refractivity (Wildman–Crippen MR) is 160 cm³/mol. The first kappa shape index (κ1) is 28.1. The van der Waals surface area contributed by atoms with Crippen LogP contribution in [0.4, 0.5) is 15.8 Å². The molecule has 4 aromatic rings. The molecule has 6 rings (SSSR count). The summed E-state index contributed by atoms with van der Waals surface area (Å²) in [5, 5.41) is 2.79. The number of carbonyl (C=O) groups excluding carboxylic acids is 2. The van der Waals surface area contributed by atoms with Crippen molar-refractivity contribution in [2.24, 2.45) is 0 Å². The number of hydrogen-bond acceptors (Lipinski definition) is 4. The summed E-state index contributed by atoms with van der Waals surface area (Å²) in [6, 6.07) is 23.7. The van der Waals surface area contributed by atoms with Gasteiger partial charge in [0.2, 0.25) is 15.9 Å². The number of nitrogens with zero attached hydrogens (tertiary/aromatic N) is 2. The normalized spacial score (nSPS) is 16.8. The van der Waals surface area contributed by atoms with Crippen molar-refractivity contribution in [2.45, 2.75) is 36.7 Å². The number of para-hydroxylation sites is 1. The van der Waals surface area contributed by atoms with E-state index < -0.39 is 33.7 Å². The lowest BCUT2D eigenvalue weighted by molar-refractivity contribution is -0.117. The largest absolute Gasteiger partial charge is 0.324 e. The van der Waals surface area contributed by atoms with Gasteiger partial charge in [-0.15, -0.1) is 0 Å². The number of halogens is 2. The Labute approximate surface area is 248 Å². The van der Waals surface area contributed by atoms with Crippen LogP contribution in [0.5, 0.6) is 0 Å². The van der Waals surface area contributed by atoms with Crippen LogP contribution in [0.25, 0.3) is 0 Å². The molecule has 0 radical (unpaired) electrons. The summed E-state index contributed by atoms with van der Waals surface area (Å²) in [4.78, 5) is 28.9. The summed E-state index contributed by atoms with van der Waals surface area (Å²) in [7, 11) is -4.04. The smallest absolute Gasteiger partial charge is 0.259 e. The number of hydrogen-bond donors (Lipinski definition) is 1. The van der Waals surface area contributed by atoms with Crippen LogP contribution in [-0.4, -0.2) is 37.1 Å². The van der Waals surface area contributed by atoms with Crippen LogP contribution in [0.3, 0.4) is 0 Å². The summed E-state index contributed by atoms with van der Waals surface area (Å²) in [6.07, 6.45) is 1.49. The zero-order valence-electron chi connectivity index (χ0n) is 22.5. The highest BCUT2D eigenvalue weighted by Crippen LogP contribution is 2.35. The Bertz CT molecular complexity index is 1800. The molecule has 0 spiro atoms. The van der Waals surface area contributed by atoms with Gasteiger partial charge < -0.3 is 5.32 Å². The van der Waals surface area contributed by atoms with Crippen molar-refractivity contribution < 1.29 is 22.4 Å². The van der Waals surface area contributed by atoms with E-state index in [0.29, 0.717) is 37.2 Å². The molecule has 2 aliphatic rings. The molecule has 0 fully saturated rings. The molecular weight excluding hydrogens is 577 g/mol. The number of aryl methyl sites for hydroxylation is 1. The minimum atomic E-state index is -4.04. The van der Waals surface area contributed by atoms with Crippen molar-refractivity contribution >= 4 is 44.8 Å². The van der Waals surface area contributed by atoms with Crippen LogP contribution in [0.1, 0.15) is 33.5 Å². The first-order valence-corrected chi connectivity index (χ1v) is 15.4. The third-order valence-electron chi connectivity index (χ3n) is 7.77. The number of sulfonamides is 1. The molecule has 1 N–H and O–H groups in total. The van der Waals surface area contributed by atoms with Crippen molar-refractivity contribution in [3.05, 3.63) is 124 Å². The standard InChI is InChI=1S/C32H27ClFN3O4S/c33-27-15-9-23(19-30(27)42(40,41)36-18-17-21-5-1-2-7-24(21)20-36)32(39)37-28-8-4-3-6-22(28)10-16-29(37)31(38)35-26-13-11-25(34)12-14-26/h1-9,11-15,19,29H,10,16-18,20H2,(H,35,38). The minimum absolute atomic E-state index is 0.00931. The van der Waals surface area contributed by atoms with Crippen molar-refractivity contribution in [2.75, 3.05) is 16.8 Å². The molecule has 2 amide bonds. The third-order valence-corrected chi connectivity index (χ3v) is 10.1. The van der Waals surface area contributed by atoms with Gasteiger partial charge in [0, 0.05) is 30.0 Å². The lowest BCUT2D eigenvalue weighted by Crippen LogP contribution is -2.50. The van der Waals surface area contributed by atoms with Crippen molar-refractivity contribution in [3.8, 4) is 0 Å². The fraction of sp³-hybridized carbons (Fsp3) is 0.188. The second kappa shape index (κ2) is 11.3. The van der Waals surface area contributed by atoms with E-state index in [9.17, 15) is 22.4 Å². The van der Waals surface area contributed by atoms with E-state index in [0.717, 1.165) is 16.7 Å². The number of benzene rings is 4. The van der Waals surface area contributed by atoms with Crippen LogP contribution in [0.15, 0.2) is 95.9 Å². The zero-order valence-corrected chi connectivity index (χ0v) is 24.0. The summed E-state index contributed by atoms with van der Waals surface area (Å²) >= 11 is 6.43. The molecule has 214 valence electrons. The highest BCUT2D eigenvalue weighted by molar-refractivity contribution is 7.89. The van der Waals surface area contributed by atoms with E-state index in [1.165, 1.54) is 51.7 Å². The van der Waals surface area contributed by atoms with Gasteiger partial charge in [0.25, 0.3) is 5.91 Å². The Morgan fingerprint density at radius 2 is 1.55 bits per heavy atom. The number of carbonyl (C=O) groups is 2. The lowest BCUT2D eigenvalue weighted by atomic mass is 9.94. The van der Waals surface area contributed by atoms with Gasteiger partial charge in [-0.25, -0.2) is 12.8 Å². The Balaban J connectivity index is 1.34. The predicted octanol–water partition coefficient (Wildman–Crippen LogP) is 5.83. The zero-order chi connectivity index (χ0) is 29.4. The van der Waals surface area contributed by atoms with Gasteiger partial charge in [-0.3, -0.25) is 14.5 Å². The molecule has 7 nitrogen and oxygen atoms in total. The summed E-state index contributed by atoms with van der Waals surface area (Å²) in [5.41, 5.74) is 3.98. The molecule has 2 heterocycles. The highest BCUT2D eigenvalue weighted by atomic mass is 35.5. The summed E-state index contributed by atoms with van der Waals surface area (Å²) < 4.78 is 42.4. The molecule has 42 heavy (non-hydrogen) atoms. The van der Waals surface area contributed by atoms with Gasteiger partial charge in [-0.05, 0) is 84.5 Å². The summed E-state index contributed by atoms with van der Waals surface area (Å²) in [5.74, 6) is -1.39. The minimum Gasteiger partial charge on any atom is -0.324 e. The quantitative estimate of drug-likeness (QED) is 0.311. The first-order valence-electron chi connectivity index (χ1n) is 13.6. The van der Waals surface area contributed by atoms with Gasteiger partial charge in [-0.1, -0.05) is 54.1 Å². The molecular formula is C32H27ClFN3O4S. The molecule has 0 saturated carbocycles. The molecule has 0 aliphatic carbocycles. The van der Waals surface area contributed by atoms with E-state index in [1.807, 2.05) is 36.4 Å². The number of fused-ring (bicyclic) bond motifs is 2. The lowest BCUT2D eigenvalue weighted by Gasteiger charge is -2.36. The first-order chi connectivity index (χ1) is 20.2. The van der Waals surface area contributed by atoms with Crippen molar-refractivity contribution in [3.63, 3.8) is 0 Å². The molecule has 0 saturated heterocycles. The van der Waals surface area contributed by atoms with E-state index in [2.05, 4.69) is 5.32 Å². The van der Waals surface area contributed by atoms with E-state index in [-0.39, 0.29) is 22.0 Å². The average Bonchev–Trinajstić information content (AvgIpc) is 3.01. The maximum absolute atomic E-state index is 14.1. The number of amides is 2. The van der Waals surface area contributed by atoms with Gasteiger partial charge in [0.15, 0.2) is 0 Å². The van der Waals surface area contributed by atoms with Crippen LogP contribution in [-0.2, 0) is 34.2 Å². The molecule has 1 unspecified atom stereocenters. The van der Waals surface area contributed by atoms with Gasteiger partial charge in [0.1, 0.15) is 16.8 Å². The van der Waals surface area contributed by atoms with Crippen LogP contribution in [0, 0.1) is 5.82 Å². The Morgan fingerprint density at radius 3 is 2.31 bits per heavy atom. The number of anilines is 2. The monoisotopic (exact) mass is 603 g/mol. The van der Waals surface area contributed by atoms with E-state index in [4.69, 9.17) is 11.6 Å². The van der Waals surface area contributed by atoms with Crippen molar-refractivity contribution in [1.82, 2.24) is 4.31 Å². The maximum Gasteiger partial charge on any atom is 0.259 e. The molecule has 1 atom stereocenters.